The van der Waals surface area contributed by atoms with Crippen LogP contribution in [0.1, 0.15) is 30.1 Å². The number of piperidine rings is 1. The van der Waals surface area contributed by atoms with E-state index in [1.165, 1.54) is 11.3 Å². The summed E-state index contributed by atoms with van der Waals surface area (Å²) < 4.78 is 0. The number of nitrogens with one attached hydrogen (secondary N) is 2. The van der Waals surface area contributed by atoms with Gasteiger partial charge >= 0.3 is 0 Å². The highest BCUT2D eigenvalue weighted by molar-refractivity contribution is 5.62. The zero-order chi connectivity index (χ0) is 11.7. The summed E-state index contributed by atoms with van der Waals surface area (Å²) in [5.74, 6) is 0.408. The summed E-state index contributed by atoms with van der Waals surface area (Å²) in [6, 6.07) is 6.31. The van der Waals surface area contributed by atoms with Crippen LogP contribution in [0.5, 0.6) is 0 Å². The zero-order valence-electron chi connectivity index (χ0n) is 10.1. The SMILES string of the molecule is OC(c1cccc2c1NCC2)C1CCNCC1. The quantitative estimate of drug-likeness (QED) is 0.727. The lowest BCUT2D eigenvalue weighted by Gasteiger charge is -2.28. The van der Waals surface area contributed by atoms with E-state index in [1.807, 2.05) is 0 Å². The molecule has 3 nitrogen and oxygen atoms in total. The van der Waals surface area contributed by atoms with E-state index in [1.54, 1.807) is 0 Å². The van der Waals surface area contributed by atoms with Crippen LogP contribution in [-0.4, -0.2) is 24.7 Å². The molecule has 0 saturated carbocycles. The third-order valence-electron chi connectivity index (χ3n) is 4.03. The van der Waals surface area contributed by atoms with Gasteiger partial charge in [-0.05, 0) is 43.8 Å². The normalized spacial score (nSPS) is 21.9. The number of rotatable bonds is 2. The van der Waals surface area contributed by atoms with Gasteiger partial charge in [0.25, 0.3) is 0 Å². The first-order valence-corrected chi connectivity index (χ1v) is 6.60. The van der Waals surface area contributed by atoms with Gasteiger partial charge in [-0.2, -0.15) is 0 Å². The van der Waals surface area contributed by atoms with E-state index in [-0.39, 0.29) is 6.10 Å². The standard InChI is InChI=1S/C14H20N2O/c17-14(11-4-7-15-8-5-11)12-3-1-2-10-6-9-16-13(10)12/h1-3,11,14-17H,4-9H2. The molecule has 3 heteroatoms. The largest absolute Gasteiger partial charge is 0.388 e. The Hall–Kier alpha value is -1.06. The summed E-state index contributed by atoms with van der Waals surface area (Å²) >= 11 is 0. The van der Waals surface area contributed by atoms with Crippen LogP contribution in [0.4, 0.5) is 5.69 Å². The fraction of sp³-hybridized carbons (Fsp3) is 0.571. The Morgan fingerprint density at radius 3 is 2.82 bits per heavy atom. The molecular weight excluding hydrogens is 212 g/mol. The number of aliphatic hydroxyl groups is 1. The number of anilines is 1. The van der Waals surface area contributed by atoms with Crippen LogP contribution in [0, 0.1) is 5.92 Å². The van der Waals surface area contributed by atoms with Crippen LogP contribution in [0.25, 0.3) is 0 Å². The molecule has 17 heavy (non-hydrogen) atoms. The average Bonchev–Trinajstić information content (AvgIpc) is 2.87. The van der Waals surface area contributed by atoms with Gasteiger partial charge in [0, 0.05) is 17.8 Å². The average molecular weight is 232 g/mol. The molecule has 1 atom stereocenters. The van der Waals surface area contributed by atoms with Crippen LogP contribution < -0.4 is 10.6 Å². The second-order valence-corrected chi connectivity index (χ2v) is 5.09. The summed E-state index contributed by atoms with van der Waals surface area (Å²) in [5.41, 5.74) is 3.65. The number of benzene rings is 1. The van der Waals surface area contributed by atoms with E-state index < -0.39 is 0 Å². The minimum atomic E-state index is -0.308. The lowest BCUT2D eigenvalue weighted by atomic mass is 9.87. The molecule has 2 aliphatic heterocycles. The molecule has 2 aliphatic rings. The van der Waals surface area contributed by atoms with Crippen molar-refractivity contribution in [2.45, 2.75) is 25.4 Å². The molecule has 0 radical (unpaired) electrons. The van der Waals surface area contributed by atoms with Crippen LogP contribution >= 0.6 is 0 Å². The Labute approximate surface area is 102 Å². The lowest BCUT2D eigenvalue weighted by molar-refractivity contribution is 0.0895. The molecule has 1 unspecified atom stereocenters. The van der Waals surface area contributed by atoms with Gasteiger partial charge in [0.05, 0.1) is 6.10 Å². The molecule has 1 aromatic rings. The highest BCUT2D eigenvalue weighted by Gasteiger charge is 2.26. The summed E-state index contributed by atoms with van der Waals surface area (Å²) in [5, 5.41) is 17.3. The van der Waals surface area contributed by atoms with E-state index in [0.717, 1.165) is 44.5 Å². The Kier molecular flexibility index (Phi) is 3.04. The molecule has 0 bridgehead atoms. The van der Waals surface area contributed by atoms with Crippen molar-refractivity contribution in [3.8, 4) is 0 Å². The fourth-order valence-corrected chi connectivity index (χ4v) is 3.03. The minimum absolute atomic E-state index is 0.308. The third kappa shape index (κ3) is 2.05. The van der Waals surface area contributed by atoms with Crippen LogP contribution in [-0.2, 0) is 6.42 Å². The topological polar surface area (TPSA) is 44.3 Å². The van der Waals surface area contributed by atoms with Crippen molar-refractivity contribution in [2.24, 2.45) is 5.92 Å². The van der Waals surface area contributed by atoms with Gasteiger partial charge in [0.2, 0.25) is 0 Å². The first kappa shape index (κ1) is 11.1. The van der Waals surface area contributed by atoms with Crippen LogP contribution in [0.15, 0.2) is 18.2 Å². The highest BCUT2D eigenvalue weighted by Crippen LogP contribution is 2.36. The molecule has 0 aliphatic carbocycles. The molecule has 0 spiro atoms. The Bertz CT molecular complexity index is 399. The smallest absolute Gasteiger partial charge is 0.0839 e. The van der Waals surface area contributed by atoms with Crippen LogP contribution in [0.3, 0.4) is 0 Å². The molecule has 1 fully saturated rings. The van der Waals surface area contributed by atoms with Gasteiger partial charge in [0.15, 0.2) is 0 Å². The summed E-state index contributed by atoms with van der Waals surface area (Å²) in [4.78, 5) is 0. The van der Waals surface area contributed by atoms with Crippen molar-refractivity contribution in [1.82, 2.24) is 5.32 Å². The van der Waals surface area contributed by atoms with E-state index >= 15 is 0 Å². The van der Waals surface area contributed by atoms with E-state index in [4.69, 9.17) is 0 Å². The van der Waals surface area contributed by atoms with Crippen molar-refractivity contribution < 1.29 is 5.11 Å². The Morgan fingerprint density at radius 1 is 1.18 bits per heavy atom. The van der Waals surface area contributed by atoms with Gasteiger partial charge in [0.1, 0.15) is 0 Å². The molecule has 1 saturated heterocycles. The zero-order valence-corrected chi connectivity index (χ0v) is 10.1. The van der Waals surface area contributed by atoms with Gasteiger partial charge in [-0.15, -0.1) is 0 Å². The molecular formula is C14H20N2O. The summed E-state index contributed by atoms with van der Waals surface area (Å²) in [6.07, 6.45) is 2.93. The van der Waals surface area contributed by atoms with Gasteiger partial charge in [-0.25, -0.2) is 0 Å². The van der Waals surface area contributed by atoms with Crippen LogP contribution in [0.2, 0.25) is 0 Å². The maximum atomic E-state index is 10.5. The van der Waals surface area contributed by atoms with Crippen molar-refractivity contribution >= 4 is 5.69 Å². The van der Waals surface area contributed by atoms with Gasteiger partial charge in [-0.3, -0.25) is 0 Å². The number of para-hydroxylation sites is 1. The van der Waals surface area contributed by atoms with Crippen molar-refractivity contribution in [1.29, 1.82) is 0 Å². The maximum Gasteiger partial charge on any atom is 0.0839 e. The van der Waals surface area contributed by atoms with Gasteiger partial charge < -0.3 is 15.7 Å². The van der Waals surface area contributed by atoms with E-state index in [2.05, 4.69) is 28.8 Å². The lowest BCUT2D eigenvalue weighted by Crippen LogP contribution is -2.31. The van der Waals surface area contributed by atoms with E-state index in [0.29, 0.717) is 5.92 Å². The minimum Gasteiger partial charge on any atom is -0.388 e. The maximum absolute atomic E-state index is 10.5. The Morgan fingerprint density at radius 2 is 2.00 bits per heavy atom. The molecule has 0 aromatic heterocycles. The molecule has 3 rings (SSSR count). The predicted molar refractivity (Wildman–Crippen MR) is 69.2 cm³/mol. The molecule has 1 aromatic carbocycles. The van der Waals surface area contributed by atoms with Crippen molar-refractivity contribution in [3.05, 3.63) is 29.3 Å². The molecule has 92 valence electrons. The summed E-state index contributed by atoms with van der Waals surface area (Å²) in [6.45, 7) is 3.07. The first-order chi connectivity index (χ1) is 8.36. The monoisotopic (exact) mass is 232 g/mol. The molecule has 2 heterocycles. The van der Waals surface area contributed by atoms with E-state index in [9.17, 15) is 5.11 Å². The molecule has 0 amide bonds. The van der Waals surface area contributed by atoms with Crippen molar-refractivity contribution in [2.75, 3.05) is 25.0 Å². The first-order valence-electron chi connectivity index (χ1n) is 6.60. The Balaban J connectivity index is 1.85. The number of hydrogen-bond donors (Lipinski definition) is 3. The summed E-state index contributed by atoms with van der Waals surface area (Å²) in [7, 11) is 0. The van der Waals surface area contributed by atoms with Gasteiger partial charge in [-0.1, -0.05) is 18.2 Å². The van der Waals surface area contributed by atoms with Crippen molar-refractivity contribution in [3.63, 3.8) is 0 Å². The second kappa shape index (κ2) is 4.67. The highest BCUT2D eigenvalue weighted by atomic mass is 16.3. The molecule has 3 N–H and O–H groups in total. The predicted octanol–water partition coefficient (Wildman–Crippen LogP) is 1.69. The third-order valence-corrected chi connectivity index (χ3v) is 4.03. The number of fused-ring (bicyclic) bond motifs is 1. The number of aliphatic hydroxyl groups excluding tert-OH is 1. The second-order valence-electron chi connectivity index (χ2n) is 5.09. The fourth-order valence-electron chi connectivity index (χ4n) is 3.03. The number of hydrogen-bond acceptors (Lipinski definition) is 3.